The number of carbonyl (C=O) groups is 1. The number of aliphatic hydroxyl groups excluding tert-OH is 1. The van der Waals surface area contributed by atoms with Crippen molar-refractivity contribution >= 4 is 12.0 Å². The Morgan fingerprint density at radius 2 is 1.81 bits per heavy atom. The van der Waals surface area contributed by atoms with E-state index < -0.39 is 12.3 Å². The molecule has 0 atom stereocenters. The van der Waals surface area contributed by atoms with E-state index in [0.717, 1.165) is 5.56 Å². The molecular weight excluding hydrogens is 332 g/mol. The summed E-state index contributed by atoms with van der Waals surface area (Å²) in [5, 5.41) is 9.33. The normalized spacial score (nSPS) is 23.1. The lowest BCUT2D eigenvalue weighted by atomic mass is 9.94. The highest BCUT2D eigenvalue weighted by Gasteiger charge is 2.31. The number of para-hydroxylation sites is 1. The van der Waals surface area contributed by atoms with E-state index in [1.807, 2.05) is 31.2 Å². The summed E-state index contributed by atoms with van der Waals surface area (Å²) in [6, 6.07) is 16.1. The van der Waals surface area contributed by atoms with E-state index in [1.54, 1.807) is 42.5 Å². The van der Waals surface area contributed by atoms with Gasteiger partial charge < -0.3 is 19.3 Å². The van der Waals surface area contributed by atoms with Gasteiger partial charge in [0.25, 0.3) is 0 Å². The van der Waals surface area contributed by atoms with Gasteiger partial charge in [0.05, 0.1) is 25.4 Å². The van der Waals surface area contributed by atoms with E-state index in [9.17, 15) is 9.90 Å². The van der Waals surface area contributed by atoms with Gasteiger partial charge >= 0.3 is 5.97 Å². The Morgan fingerprint density at radius 3 is 2.50 bits per heavy atom. The number of carbonyl (C=O) groups excluding carboxylic acids is 1. The summed E-state index contributed by atoms with van der Waals surface area (Å²) in [6.07, 6.45) is 3.08. The zero-order valence-corrected chi connectivity index (χ0v) is 14.6. The van der Waals surface area contributed by atoms with Crippen LogP contribution in [0.4, 0.5) is 0 Å². The summed E-state index contributed by atoms with van der Waals surface area (Å²) >= 11 is 0. The largest absolute Gasteiger partial charge is 0.422 e. The van der Waals surface area contributed by atoms with Crippen molar-refractivity contribution in [3.8, 4) is 5.75 Å². The van der Waals surface area contributed by atoms with Crippen LogP contribution in [0.2, 0.25) is 0 Å². The topological polar surface area (TPSA) is 65.0 Å². The molecule has 0 spiro atoms. The van der Waals surface area contributed by atoms with E-state index in [4.69, 9.17) is 14.2 Å². The molecule has 0 unspecified atom stereocenters. The Bertz CT molecular complexity index is 761. The summed E-state index contributed by atoms with van der Waals surface area (Å²) in [7, 11) is 0. The Kier molecular flexibility index (Phi) is 5.83. The van der Waals surface area contributed by atoms with Gasteiger partial charge in [-0.3, -0.25) is 0 Å². The van der Waals surface area contributed by atoms with Crippen LogP contribution in [0.25, 0.3) is 6.08 Å². The number of aliphatic hydroxyl groups is 1. The minimum atomic E-state index is -0.493. The van der Waals surface area contributed by atoms with Crippen LogP contribution < -0.4 is 4.74 Å². The van der Waals surface area contributed by atoms with Gasteiger partial charge in [-0.25, -0.2) is 4.79 Å². The molecule has 1 fully saturated rings. The highest BCUT2D eigenvalue weighted by Crippen LogP contribution is 2.25. The van der Waals surface area contributed by atoms with E-state index in [1.165, 1.54) is 0 Å². The second-order valence-electron chi connectivity index (χ2n) is 6.61. The number of esters is 1. The fourth-order valence-electron chi connectivity index (χ4n) is 2.49. The summed E-state index contributed by atoms with van der Waals surface area (Å²) in [5.41, 5.74) is 0.876. The fourth-order valence-corrected chi connectivity index (χ4v) is 2.49. The molecule has 1 aliphatic heterocycles. The van der Waals surface area contributed by atoms with Crippen LogP contribution in [0.5, 0.6) is 5.75 Å². The lowest BCUT2D eigenvalue weighted by molar-refractivity contribution is -0.209. The number of hydrogen-bond donors (Lipinski definition) is 1. The molecule has 0 radical (unpaired) electrons. The maximum absolute atomic E-state index is 12.3. The molecule has 2 aromatic carbocycles. The smallest absolute Gasteiger partial charge is 0.343 e. The van der Waals surface area contributed by atoms with E-state index >= 15 is 0 Å². The fraction of sp³-hybridized carbons (Fsp3) is 0.286. The van der Waals surface area contributed by atoms with Gasteiger partial charge in [-0.15, -0.1) is 0 Å². The number of ether oxygens (including phenoxy) is 3. The third-order valence-electron chi connectivity index (χ3n) is 4.14. The molecule has 0 saturated carbocycles. The van der Waals surface area contributed by atoms with Gasteiger partial charge in [-0.1, -0.05) is 49.4 Å². The quantitative estimate of drug-likeness (QED) is 0.659. The SMILES string of the molecule is CC1(CO)COC(C=Cc2ccccc2OC(=O)c2ccccc2)OC1. The molecule has 26 heavy (non-hydrogen) atoms. The molecule has 2 aromatic rings. The molecule has 1 N–H and O–H groups in total. The first-order chi connectivity index (χ1) is 12.6. The predicted octanol–water partition coefficient (Wildman–Crippen LogP) is 3.29. The van der Waals surface area contributed by atoms with E-state index in [2.05, 4.69) is 0 Å². The van der Waals surface area contributed by atoms with Gasteiger partial charge in [-0.05, 0) is 24.3 Å². The average Bonchev–Trinajstić information content (AvgIpc) is 2.69. The monoisotopic (exact) mass is 354 g/mol. The van der Waals surface area contributed by atoms with Crippen molar-refractivity contribution in [1.82, 2.24) is 0 Å². The van der Waals surface area contributed by atoms with E-state index in [0.29, 0.717) is 24.5 Å². The number of benzene rings is 2. The average molecular weight is 354 g/mol. The van der Waals surface area contributed by atoms with Crippen LogP contribution in [0.15, 0.2) is 60.7 Å². The van der Waals surface area contributed by atoms with Gasteiger partial charge in [0, 0.05) is 11.0 Å². The molecule has 1 heterocycles. The molecule has 0 bridgehead atoms. The first-order valence-electron chi connectivity index (χ1n) is 8.48. The molecular formula is C21H22O5. The molecule has 5 heteroatoms. The van der Waals surface area contributed by atoms with Crippen molar-refractivity contribution < 1.29 is 24.1 Å². The molecule has 0 amide bonds. The van der Waals surface area contributed by atoms with Crippen molar-refractivity contribution in [2.24, 2.45) is 5.41 Å². The minimum absolute atomic E-state index is 0.0156. The Morgan fingerprint density at radius 1 is 1.15 bits per heavy atom. The highest BCUT2D eigenvalue weighted by molar-refractivity contribution is 5.91. The molecule has 0 aliphatic carbocycles. The predicted molar refractivity (Wildman–Crippen MR) is 97.8 cm³/mol. The zero-order valence-electron chi connectivity index (χ0n) is 14.6. The van der Waals surface area contributed by atoms with Gasteiger partial charge in [0.15, 0.2) is 6.29 Å². The van der Waals surface area contributed by atoms with Gasteiger partial charge in [0.2, 0.25) is 0 Å². The Labute approximate surface area is 152 Å². The molecule has 0 aromatic heterocycles. The van der Waals surface area contributed by atoms with Crippen LogP contribution in [0.1, 0.15) is 22.8 Å². The number of hydrogen-bond acceptors (Lipinski definition) is 5. The summed E-state index contributed by atoms with van der Waals surface area (Å²) in [4.78, 5) is 12.3. The van der Waals surface area contributed by atoms with Crippen molar-refractivity contribution in [3.63, 3.8) is 0 Å². The summed E-state index contributed by atoms with van der Waals surface area (Å²) in [6.45, 7) is 2.76. The molecule has 3 rings (SSSR count). The molecule has 136 valence electrons. The van der Waals surface area contributed by atoms with Crippen molar-refractivity contribution in [2.75, 3.05) is 19.8 Å². The second-order valence-corrected chi connectivity index (χ2v) is 6.61. The molecule has 1 aliphatic rings. The lowest BCUT2D eigenvalue weighted by Gasteiger charge is -2.34. The van der Waals surface area contributed by atoms with Crippen LogP contribution in [-0.2, 0) is 9.47 Å². The lowest BCUT2D eigenvalue weighted by Crippen LogP contribution is -2.41. The van der Waals surface area contributed by atoms with Gasteiger partial charge in [0.1, 0.15) is 5.75 Å². The highest BCUT2D eigenvalue weighted by atomic mass is 16.7. The van der Waals surface area contributed by atoms with Crippen LogP contribution >= 0.6 is 0 Å². The Hall–Kier alpha value is -2.47. The van der Waals surface area contributed by atoms with Crippen LogP contribution in [0, 0.1) is 5.41 Å². The maximum Gasteiger partial charge on any atom is 0.343 e. The third kappa shape index (κ3) is 4.58. The third-order valence-corrected chi connectivity index (χ3v) is 4.14. The van der Waals surface area contributed by atoms with Crippen molar-refractivity contribution in [1.29, 1.82) is 0 Å². The van der Waals surface area contributed by atoms with Crippen LogP contribution in [-0.4, -0.2) is 37.2 Å². The second kappa shape index (κ2) is 8.27. The molecule has 5 nitrogen and oxygen atoms in total. The van der Waals surface area contributed by atoms with E-state index in [-0.39, 0.29) is 12.0 Å². The number of rotatable bonds is 5. The van der Waals surface area contributed by atoms with Gasteiger partial charge in [-0.2, -0.15) is 0 Å². The van der Waals surface area contributed by atoms with Crippen molar-refractivity contribution in [3.05, 3.63) is 71.8 Å². The molecule has 1 saturated heterocycles. The first-order valence-corrected chi connectivity index (χ1v) is 8.48. The first kappa shape index (κ1) is 18.3. The standard InChI is InChI=1S/C21H22O5/c1-21(13-22)14-24-19(25-15-21)12-11-16-7-5-6-10-18(16)26-20(23)17-8-3-2-4-9-17/h2-12,19,22H,13-15H2,1H3. The van der Waals surface area contributed by atoms with Crippen molar-refractivity contribution in [2.45, 2.75) is 13.2 Å². The maximum atomic E-state index is 12.3. The summed E-state index contributed by atoms with van der Waals surface area (Å²) < 4.78 is 16.8. The minimum Gasteiger partial charge on any atom is -0.422 e. The van der Waals surface area contributed by atoms with Crippen LogP contribution in [0.3, 0.4) is 0 Å². The summed E-state index contributed by atoms with van der Waals surface area (Å²) in [5.74, 6) is 0.0592. The zero-order chi connectivity index (χ0) is 18.4. The Balaban J connectivity index is 1.67.